The number of hydrogen-bond donors (Lipinski definition) is 1. The number of benzene rings is 2. The Hall–Kier alpha value is -2.59. The first-order valence-electron chi connectivity index (χ1n) is 9.65. The lowest BCUT2D eigenvalue weighted by Gasteiger charge is -2.13. The Kier molecular flexibility index (Phi) is 9.76. The van der Waals surface area contributed by atoms with Crippen LogP contribution >= 0.6 is 0 Å². The van der Waals surface area contributed by atoms with Gasteiger partial charge in [-0.05, 0) is 42.0 Å². The number of nitrogens with zero attached hydrogens (tertiary/aromatic N) is 1. The van der Waals surface area contributed by atoms with E-state index in [0.29, 0.717) is 12.5 Å². The van der Waals surface area contributed by atoms with Gasteiger partial charge in [0.1, 0.15) is 0 Å². The molecule has 0 radical (unpaired) electrons. The molecule has 3 heteroatoms. The largest absolute Gasteiger partial charge is 0.300 e. The average Bonchev–Trinajstić information content (AvgIpc) is 3.60. The van der Waals surface area contributed by atoms with E-state index in [1.165, 1.54) is 24.8 Å². The van der Waals surface area contributed by atoms with Crippen LogP contribution in [0.4, 0.5) is 0 Å². The summed E-state index contributed by atoms with van der Waals surface area (Å²) in [6, 6.07) is 19.9. The van der Waals surface area contributed by atoms with E-state index in [0.717, 1.165) is 36.8 Å². The minimum absolute atomic E-state index is 0. The first-order valence-corrected chi connectivity index (χ1v) is 9.65. The Bertz CT molecular complexity index is 740. The number of rotatable bonds is 3. The minimum atomic E-state index is 0. The van der Waals surface area contributed by atoms with Crippen LogP contribution in [0.5, 0.6) is 0 Å². The first kappa shape index (κ1) is 20.7. The van der Waals surface area contributed by atoms with Crippen molar-refractivity contribution in [3.8, 4) is 17.9 Å². The van der Waals surface area contributed by atoms with Crippen molar-refractivity contribution in [1.82, 2.24) is 0 Å². The SMILES string of the molecule is C1CC1.N#Cc1ccc(C2CCC#CCC2)cc1.NOCc1ccccc1.[HH]. The van der Waals surface area contributed by atoms with E-state index < -0.39 is 0 Å². The highest BCUT2D eigenvalue weighted by Crippen LogP contribution is 2.27. The van der Waals surface area contributed by atoms with Crippen LogP contribution in [-0.4, -0.2) is 0 Å². The Morgan fingerprint density at radius 3 is 2.04 bits per heavy atom. The van der Waals surface area contributed by atoms with Crippen molar-refractivity contribution in [2.24, 2.45) is 5.90 Å². The second-order valence-electron chi connectivity index (χ2n) is 6.72. The standard InChI is InChI=1S/C14H13N.C7H9NO.C3H6.H2/c15-11-12-7-9-14(10-8-12)13-5-3-1-2-4-6-13;8-9-6-7-4-2-1-3-5-7;1-2-3-1;/h7-10,13H,3-6H2;1-5H,6,8H2;1-3H2;1H. The summed E-state index contributed by atoms with van der Waals surface area (Å²) < 4.78 is 0. The highest BCUT2D eigenvalue weighted by atomic mass is 16.6. The van der Waals surface area contributed by atoms with Gasteiger partial charge in [-0.25, -0.2) is 5.90 Å². The molecule has 142 valence electrons. The molecule has 2 aromatic carbocycles. The van der Waals surface area contributed by atoms with Gasteiger partial charge in [-0.1, -0.05) is 61.7 Å². The van der Waals surface area contributed by atoms with Crippen LogP contribution in [0.15, 0.2) is 54.6 Å². The van der Waals surface area contributed by atoms with Crippen molar-refractivity contribution in [3.63, 3.8) is 0 Å². The summed E-state index contributed by atoms with van der Waals surface area (Å²) in [4.78, 5) is 4.43. The molecular formula is C24H30N2O. The fourth-order valence-corrected chi connectivity index (χ4v) is 2.65. The lowest BCUT2D eigenvalue weighted by atomic mass is 9.91. The topological polar surface area (TPSA) is 59.0 Å². The van der Waals surface area contributed by atoms with Crippen LogP contribution < -0.4 is 5.90 Å². The van der Waals surface area contributed by atoms with Crippen LogP contribution in [0.25, 0.3) is 0 Å². The zero-order chi connectivity index (χ0) is 19.2. The van der Waals surface area contributed by atoms with Gasteiger partial charge >= 0.3 is 0 Å². The van der Waals surface area contributed by atoms with E-state index in [2.05, 4.69) is 34.9 Å². The molecule has 0 aromatic heterocycles. The van der Waals surface area contributed by atoms with Gasteiger partial charge < -0.3 is 0 Å². The molecule has 4 rings (SSSR count). The zero-order valence-corrected chi connectivity index (χ0v) is 15.9. The van der Waals surface area contributed by atoms with Gasteiger partial charge in [0.25, 0.3) is 0 Å². The fourth-order valence-electron chi connectivity index (χ4n) is 2.65. The summed E-state index contributed by atoms with van der Waals surface area (Å²) >= 11 is 0. The van der Waals surface area contributed by atoms with Crippen molar-refractivity contribution in [2.75, 3.05) is 0 Å². The summed E-state index contributed by atoms with van der Waals surface area (Å²) in [5.41, 5.74) is 3.18. The summed E-state index contributed by atoms with van der Waals surface area (Å²) in [7, 11) is 0. The zero-order valence-electron chi connectivity index (χ0n) is 15.9. The van der Waals surface area contributed by atoms with Gasteiger partial charge in [-0.15, -0.1) is 11.8 Å². The molecule has 2 aliphatic carbocycles. The van der Waals surface area contributed by atoms with Crippen LogP contribution in [0.3, 0.4) is 0 Å². The number of nitriles is 1. The molecule has 27 heavy (non-hydrogen) atoms. The average molecular weight is 363 g/mol. The first-order chi connectivity index (χ1) is 13.3. The lowest BCUT2D eigenvalue weighted by Crippen LogP contribution is -1.97. The number of hydrogen-bond acceptors (Lipinski definition) is 3. The van der Waals surface area contributed by atoms with Crippen LogP contribution in [-0.2, 0) is 11.4 Å². The summed E-state index contributed by atoms with van der Waals surface area (Å²) in [6.07, 6.45) is 8.81. The molecule has 0 unspecified atom stereocenters. The molecule has 2 N–H and O–H groups in total. The third-order valence-corrected chi connectivity index (χ3v) is 4.32. The van der Waals surface area contributed by atoms with Crippen molar-refractivity contribution < 1.29 is 6.26 Å². The molecule has 0 atom stereocenters. The molecule has 2 aromatic rings. The Morgan fingerprint density at radius 2 is 1.56 bits per heavy atom. The molecule has 2 aliphatic rings. The number of nitrogens with two attached hydrogens (primary N) is 1. The van der Waals surface area contributed by atoms with E-state index in [-0.39, 0.29) is 1.43 Å². The monoisotopic (exact) mass is 362 g/mol. The Balaban J connectivity index is 0.000000255. The molecule has 0 heterocycles. The van der Waals surface area contributed by atoms with E-state index in [1.807, 2.05) is 42.5 Å². The van der Waals surface area contributed by atoms with Crippen LogP contribution in [0.1, 0.15) is 69.0 Å². The lowest BCUT2D eigenvalue weighted by molar-refractivity contribution is 0.124. The summed E-state index contributed by atoms with van der Waals surface area (Å²) in [5, 5.41) is 8.71. The molecule has 0 aliphatic heterocycles. The van der Waals surface area contributed by atoms with Gasteiger partial charge in [-0.2, -0.15) is 5.26 Å². The van der Waals surface area contributed by atoms with Crippen molar-refractivity contribution >= 4 is 0 Å². The maximum absolute atomic E-state index is 8.71. The van der Waals surface area contributed by atoms with Gasteiger partial charge in [0, 0.05) is 14.3 Å². The maximum Gasteiger partial charge on any atom is 0.0991 e. The molecule has 3 nitrogen and oxygen atoms in total. The third-order valence-electron chi connectivity index (χ3n) is 4.32. The molecule has 0 bridgehead atoms. The van der Waals surface area contributed by atoms with Gasteiger partial charge in [0.05, 0.1) is 18.2 Å². The van der Waals surface area contributed by atoms with Crippen molar-refractivity contribution in [1.29, 1.82) is 5.26 Å². The highest BCUT2D eigenvalue weighted by Gasteiger charge is 2.11. The molecule has 0 spiro atoms. The van der Waals surface area contributed by atoms with Gasteiger partial charge in [0.2, 0.25) is 0 Å². The Morgan fingerprint density at radius 1 is 0.963 bits per heavy atom. The summed E-state index contributed by atoms with van der Waals surface area (Å²) in [5.74, 6) is 11.8. The van der Waals surface area contributed by atoms with Crippen molar-refractivity contribution in [2.45, 2.75) is 57.5 Å². The van der Waals surface area contributed by atoms with E-state index in [9.17, 15) is 0 Å². The van der Waals surface area contributed by atoms with E-state index in [1.54, 1.807) is 0 Å². The van der Waals surface area contributed by atoms with E-state index in [4.69, 9.17) is 11.2 Å². The molecule has 1 saturated carbocycles. The fraction of sp³-hybridized carbons (Fsp3) is 0.375. The predicted octanol–water partition coefficient (Wildman–Crippen LogP) is 5.71. The summed E-state index contributed by atoms with van der Waals surface area (Å²) in [6.45, 7) is 0.487. The molecular weight excluding hydrogens is 332 g/mol. The minimum Gasteiger partial charge on any atom is -0.300 e. The molecule has 1 fully saturated rings. The normalized spacial score (nSPS) is 14.7. The predicted molar refractivity (Wildman–Crippen MR) is 112 cm³/mol. The van der Waals surface area contributed by atoms with Crippen molar-refractivity contribution in [3.05, 3.63) is 71.3 Å². The van der Waals surface area contributed by atoms with Gasteiger partial charge in [-0.3, -0.25) is 4.84 Å². The second-order valence-corrected chi connectivity index (χ2v) is 6.72. The second kappa shape index (κ2) is 12.7. The van der Waals surface area contributed by atoms with E-state index >= 15 is 0 Å². The van der Waals surface area contributed by atoms with Crippen LogP contribution in [0.2, 0.25) is 0 Å². The van der Waals surface area contributed by atoms with Gasteiger partial charge in [0.15, 0.2) is 0 Å². The third kappa shape index (κ3) is 9.06. The Labute approximate surface area is 164 Å². The highest BCUT2D eigenvalue weighted by molar-refractivity contribution is 5.33. The maximum atomic E-state index is 8.71. The smallest absolute Gasteiger partial charge is 0.0991 e. The quantitative estimate of drug-likeness (QED) is 0.562. The van der Waals surface area contributed by atoms with Crippen LogP contribution in [0, 0.1) is 23.2 Å². The molecule has 0 saturated heterocycles. The molecule has 0 amide bonds.